The first-order valence-electron chi connectivity index (χ1n) is 7.66. The summed E-state index contributed by atoms with van der Waals surface area (Å²) in [6, 6.07) is 1.60. The quantitative estimate of drug-likeness (QED) is 0.817. The molecule has 7 nitrogen and oxygen atoms in total. The summed E-state index contributed by atoms with van der Waals surface area (Å²) in [4.78, 5) is 18.3. The maximum atomic E-state index is 12.8. The lowest BCUT2D eigenvalue weighted by atomic mass is 10.1. The molecule has 2 aliphatic rings. The van der Waals surface area contributed by atoms with E-state index in [4.69, 9.17) is 4.42 Å². The molecule has 9 heteroatoms. The molecule has 4 rings (SSSR count). The lowest BCUT2D eigenvalue weighted by molar-refractivity contribution is 0.0784. The third kappa shape index (κ3) is 2.56. The Hall–Kier alpha value is -1.71. The Kier molecular flexibility index (Phi) is 3.74. The van der Waals surface area contributed by atoms with Crippen molar-refractivity contribution < 1.29 is 17.6 Å². The van der Waals surface area contributed by atoms with Crippen LogP contribution >= 0.6 is 11.3 Å². The highest BCUT2D eigenvalue weighted by atomic mass is 32.2. The number of likely N-dealkylation sites (tertiary alicyclic amines) is 1. The highest BCUT2D eigenvalue weighted by Crippen LogP contribution is 2.35. The third-order valence-corrected chi connectivity index (χ3v) is 7.74. The highest BCUT2D eigenvalue weighted by Gasteiger charge is 2.52. The number of fused-ring (bicyclic) bond motifs is 1. The Morgan fingerprint density at radius 1 is 1.42 bits per heavy atom. The van der Waals surface area contributed by atoms with E-state index in [2.05, 4.69) is 4.98 Å². The molecule has 0 spiro atoms. The number of nitrogens with zero attached hydrogens (tertiary/aromatic N) is 3. The number of carbonyl (C=O) groups excluding carboxylic acids is 1. The minimum absolute atomic E-state index is 0.0504. The second-order valence-corrected chi connectivity index (χ2v) is 9.43. The van der Waals surface area contributed by atoms with Crippen molar-refractivity contribution in [3.05, 3.63) is 40.2 Å². The number of aryl methyl sites for hydroxylation is 1. The number of rotatable bonds is 3. The van der Waals surface area contributed by atoms with Crippen LogP contribution in [0.5, 0.6) is 0 Å². The monoisotopic (exact) mass is 367 g/mol. The fraction of sp³-hybridized carbons (Fsp3) is 0.467. The molecular weight excluding hydrogens is 350 g/mol. The van der Waals surface area contributed by atoms with E-state index in [-0.39, 0.29) is 18.4 Å². The fourth-order valence-corrected chi connectivity index (χ4v) is 6.19. The Morgan fingerprint density at radius 2 is 2.25 bits per heavy atom. The molecule has 0 unspecified atom stereocenters. The Morgan fingerprint density at radius 3 is 2.88 bits per heavy atom. The van der Waals surface area contributed by atoms with Gasteiger partial charge in [-0.15, -0.1) is 11.3 Å². The molecule has 128 valence electrons. The molecule has 0 aromatic carbocycles. The number of carbonyl (C=O) groups is 1. The van der Waals surface area contributed by atoms with E-state index < -0.39 is 15.3 Å². The summed E-state index contributed by atoms with van der Waals surface area (Å²) in [5.74, 6) is -0.222. The second kappa shape index (κ2) is 5.68. The van der Waals surface area contributed by atoms with Crippen LogP contribution in [0, 0.1) is 12.8 Å². The van der Waals surface area contributed by atoms with Crippen molar-refractivity contribution in [2.24, 2.45) is 5.92 Å². The first-order valence-corrected chi connectivity index (χ1v) is 10.0. The van der Waals surface area contributed by atoms with Gasteiger partial charge in [-0.3, -0.25) is 4.79 Å². The lowest BCUT2D eigenvalue weighted by Gasteiger charge is -2.20. The van der Waals surface area contributed by atoms with E-state index in [1.54, 1.807) is 11.0 Å². The van der Waals surface area contributed by atoms with Gasteiger partial charge in [0.05, 0.1) is 34.3 Å². The molecule has 4 heterocycles. The van der Waals surface area contributed by atoms with Crippen LogP contribution < -0.4 is 0 Å². The van der Waals surface area contributed by atoms with Crippen molar-refractivity contribution in [3.8, 4) is 0 Å². The Labute approximate surface area is 143 Å². The zero-order valence-corrected chi connectivity index (χ0v) is 14.7. The number of hydrogen-bond acceptors (Lipinski definition) is 6. The summed E-state index contributed by atoms with van der Waals surface area (Å²) in [5, 5.41) is 2.31. The number of sulfonamides is 1. The average molecular weight is 367 g/mol. The van der Waals surface area contributed by atoms with Gasteiger partial charge in [-0.2, -0.15) is 4.31 Å². The van der Waals surface area contributed by atoms with Crippen LogP contribution in [0.1, 0.15) is 21.1 Å². The number of amides is 1. The molecule has 2 saturated heterocycles. The molecule has 1 amide bonds. The average Bonchev–Trinajstić information content (AvgIpc) is 3.28. The summed E-state index contributed by atoms with van der Waals surface area (Å²) in [6.07, 6.45) is 2.83. The predicted molar refractivity (Wildman–Crippen MR) is 88.1 cm³/mol. The first-order chi connectivity index (χ1) is 11.4. The van der Waals surface area contributed by atoms with Gasteiger partial charge in [0.1, 0.15) is 6.26 Å². The van der Waals surface area contributed by atoms with E-state index in [1.807, 2.05) is 12.3 Å². The van der Waals surface area contributed by atoms with Crippen LogP contribution in [-0.4, -0.2) is 53.4 Å². The largest absolute Gasteiger partial charge is 0.472 e. The van der Waals surface area contributed by atoms with Gasteiger partial charge in [-0.05, 0) is 13.0 Å². The van der Waals surface area contributed by atoms with Crippen molar-refractivity contribution in [2.45, 2.75) is 18.7 Å². The van der Waals surface area contributed by atoms with Gasteiger partial charge in [-0.1, -0.05) is 0 Å². The van der Waals surface area contributed by atoms with Gasteiger partial charge in [-0.25, -0.2) is 13.4 Å². The maximum Gasteiger partial charge on any atom is 0.257 e. The van der Waals surface area contributed by atoms with Crippen LogP contribution in [0.4, 0.5) is 0 Å². The molecule has 0 aliphatic carbocycles. The second-order valence-electron chi connectivity index (χ2n) is 6.22. The molecule has 0 bridgehead atoms. The van der Waals surface area contributed by atoms with E-state index >= 15 is 0 Å². The first kappa shape index (κ1) is 15.8. The Balaban J connectivity index is 1.49. The normalized spacial score (nSPS) is 26.0. The molecule has 2 fully saturated rings. The zero-order valence-electron chi connectivity index (χ0n) is 13.1. The minimum Gasteiger partial charge on any atom is -0.472 e. The van der Waals surface area contributed by atoms with Crippen molar-refractivity contribution in [1.29, 1.82) is 0 Å². The molecule has 0 radical (unpaired) electrons. The molecule has 2 atom stereocenters. The molecule has 2 aromatic heterocycles. The van der Waals surface area contributed by atoms with Crippen LogP contribution in [0.15, 0.2) is 28.4 Å². The van der Waals surface area contributed by atoms with Crippen LogP contribution in [0.2, 0.25) is 0 Å². The zero-order chi connectivity index (χ0) is 16.9. The SMILES string of the molecule is Cc1nc(CN2C[C@@H]3CN(C(=O)c4ccoc4)C[C@H]3S2(=O)=O)cs1. The van der Waals surface area contributed by atoms with Gasteiger partial charge in [0.15, 0.2) is 0 Å². The molecule has 2 aromatic rings. The number of aromatic nitrogens is 1. The molecule has 2 aliphatic heterocycles. The number of hydrogen-bond donors (Lipinski definition) is 0. The smallest absolute Gasteiger partial charge is 0.257 e. The Bertz CT molecular complexity index is 859. The van der Waals surface area contributed by atoms with Gasteiger partial charge in [0, 0.05) is 30.9 Å². The summed E-state index contributed by atoms with van der Waals surface area (Å²) in [5.41, 5.74) is 1.24. The van der Waals surface area contributed by atoms with Gasteiger partial charge in [0.2, 0.25) is 10.0 Å². The molecule has 0 N–H and O–H groups in total. The number of thiazole rings is 1. The van der Waals surface area contributed by atoms with E-state index in [9.17, 15) is 13.2 Å². The summed E-state index contributed by atoms with van der Waals surface area (Å²) >= 11 is 1.52. The van der Waals surface area contributed by atoms with E-state index in [1.165, 1.54) is 28.2 Å². The molecule has 0 saturated carbocycles. The summed E-state index contributed by atoms with van der Waals surface area (Å²) in [6.45, 7) is 3.36. The van der Waals surface area contributed by atoms with Crippen LogP contribution in [0.3, 0.4) is 0 Å². The lowest BCUT2D eigenvalue weighted by Crippen LogP contribution is -2.36. The van der Waals surface area contributed by atoms with Gasteiger partial charge in [0.25, 0.3) is 5.91 Å². The van der Waals surface area contributed by atoms with E-state index in [0.717, 1.165) is 10.7 Å². The number of furan rings is 1. The summed E-state index contributed by atoms with van der Waals surface area (Å²) in [7, 11) is -3.41. The van der Waals surface area contributed by atoms with E-state index in [0.29, 0.717) is 25.2 Å². The fourth-order valence-electron chi connectivity index (χ4n) is 3.46. The third-order valence-electron chi connectivity index (χ3n) is 4.62. The van der Waals surface area contributed by atoms with Crippen molar-refractivity contribution >= 4 is 27.3 Å². The van der Waals surface area contributed by atoms with Crippen molar-refractivity contribution in [3.63, 3.8) is 0 Å². The van der Waals surface area contributed by atoms with Gasteiger partial charge < -0.3 is 9.32 Å². The van der Waals surface area contributed by atoms with Crippen LogP contribution in [0.25, 0.3) is 0 Å². The predicted octanol–water partition coefficient (Wildman–Crippen LogP) is 1.33. The maximum absolute atomic E-state index is 12.8. The summed E-state index contributed by atoms with van der Waals surface area (Å²) < 4.78 is 32.0. The minimum atomic E-state index is -3.41. The standard InChI is InChI=1S/C15H17N3O4S2/c1-10-16-13(9-23-10)6-18-5-12-4-17(7-14(12)24(18,20)21)15(19)11-2-3-22-8-11/h2-3,8-9,12,14H,4-7H2,1H3/t12-,14+/m0/s1. The molecular formula is C15H17N3O4S2. The van der Waals surface area contributed by atoms with Gasteiger partial charge >= 0.3 is 0 Å². The van der Waals surface area contributed by atoms with Crippen molar-refractivity contribution in [2.75, 3.05) is 19.6 Å². The topological polar surface area (TPSA) is 83.7 Å². The highest BCUT2D eigenvalue weighted by molar-refractivity contribution is 7.90. The van der Waals surface area contributed by atoms with Crippen LogP contribution in [-0.2, 0) is 16.6 Å². The van der Waals surface area contributed by atoms with Crippen molar-refractivity contribution in [1.82, 2.24) is 14.2 Å². The molecule has 24 heavy (non-hydrogen) atoms.